The first-order valence-electron chi connectivity index (χ1n) is 3.70. The van der Waals surface area contributed by atoms with E-state index in [0.29, 0.717) is 11.1 Å². The van der Waals surface area contributed by atoms with Gasteiger partial charge in [-0.15, -0.1) is 13.2 Å². The SMILES string of the molecule is C=C.C=Cc1ccccc1C(=O)O. The van der Waals surface area contributed by atoms with Crippen molar-refractivity contribution in [3.8, 4) is 0 Å². The van der Waals surface area contributed by atoms with E-state index in [1.54, 1.807) is 24.3 Å². The Balaban J connectivity index is 0.000000671. The lowest BCUT2D eigenvalue weighted by Crippen LogP contribution is -1.98. The van der Waals surface area contributed by atoms with E-state index in [-0.39, 0.29) is 0 Å². The number of carboxylic acids is 1. The highest BCUT2D eigenvalue weighted by atomic mass is 16.4. The number of benzene rings is 1. The average molecular weight is 176 g/mol. The molecule has 0 bridgehead atoms. The Bertz CT molecular complexity index is 303. The van der Waals surface area contributed by atoms with Gasteiger partial charge < -0.3 is 5.11 Å². The lowest BCUT2D eigenvalue weighted by Gasteiger charge is -1.97. The molecule has 13 heavy (non-hydrogen) atoms. The predicted octanol–water partition coefficient (Wildman–Crippen LogP) is 2.83. The quantitative estimate of drug-likeness (QED) is 0.703. The Labute approximate surface area is 77.8 Å². The molecule has 0 spiro atoms. The molecule has 0 saturated heterocycles. The number of aromatic carboxylic acids is 1. The van der Waals surface area contributed by atoms with Crippen LogP contribution in [0.1, 0.15) is 15.9 Å². The molecule has 0 unspecified atom stereocenters. The van der Waals surface area contributed by atoms with E-state index in [1.807, 2.05) is 0 Å². The fourth-order valence-corrected chi connectivity index (χ4v) is 0.870. The summed E-state index contributed by atoms with van der Waals surface area (Å²) in [6.45, 7) is 9.51. The molecule has 1 aromatic rings. The smallest absolute Gasteiger partial charge is 0.336 e. The van der Waals surface area contributed by atoms with E-state index in [2.05, 4.69) is 19.7 Å². The lowest BCUT2D eigenvalue weighted by molar-refractivity contribution is 0.0696. The van der Waals surface area contributed by atoms with Crippen LogP contribution in [0.5, 0.6) is 0 Å². The maximum atomic E-state index is 10.5. The Morgan fingerprint density at radius 1 is 1.31 bits per heavy atom. The summed E-state index contributed by atoms with van der Waals surface area (Å²) in [4.78, 5) is 10.5. The molecule has 0 amide bonds. The van der Waals surface area contributed by atoms with Crippen molar-refractivity contribution in [1.82, 2.24) is 0 Å². The first-order chi connectivity index (χ1) is 6.25. The average Bonchev–Trinajstić information content (AvgIpc) is 2.20. The van der Waals surface area contributed by atoms with Crippen LogP contribution in [0, 0.1) is 0 Å². The molecular formula is C11H12O2. The summed E-state index contributed by atoms with van der Waals surface area (Å²) in [5.41, 5.74) is 0.947. The van der Waals surface area contributed by atoms with Crippen molar-refractivity contribution in [3.05, 3.63) is 55.1 Å². The van der Waals surface area contributed by atoms with Crippen LogP contribution in [0.3, 0.4) is 0 Å². The summed E-state index contributed by atoms with van der Waals surface area (Å²) in [5.74, 6) is -0.916. The van der Waals surface area contributed by atoms with Crippen LogP contribution in [-0.2, 0) is 0 Å². The third-order valence-corrected chi connectivity index (χ3v) is 1.41. The fraction of sp³-hybridized carbons (Fsp3) is 0. The summed E-state index contributed by atoms with van der Waals surface area (Å²) < 4.78 is 0. The minimum absolute atomic E-state index is 0.294. The number of rotatable bonds is 2. The van der Waals surface area contributed by atoms with Gasteiger partial charge in [-0.1, -0.05) is 30.9 Å². The zero-order chi connectivity index (χ0) is 10.3. The third-order valence-electron chi connectivity index (χ3n) is 1.41. The van der Waals surface area contributed by atoms with Crippen molar-refractivity contribution in [2.24, 2.45) is 0 Å². The van der Waals surface area contributed by atoms with Crippen LogP contribution in [0.2, 0.25) is 0 Å². The van der Waals surface area contributed by atoms with Gasteiger partial charge in [0.1, 0.15) is 0 Å². The zero-order valence-corrected chi connectivity index (χ0v) is 7.36. The summed E-state index contributed by atoms with van der Waals surface area (Å²) in [6.07, 6.45) is 1.53. The van der Waals surface area contributed by atoms with Crippen LogP contribution in [0.4, 0.5) is 0 Å². The number of carbonyl (C=O) groups is 1. The Kier molecular flexibility index (Phi) is 4.96. The first-order valence-corrected chi connectivity index (χ1v) is 3.70. The van der Waals surface area contributed by atoms with Gasteiger partial charge in [-0.25, -0.2) is 4.79 Å². The molecule has 2 heteroatoms. The maximum Gasteiger partial charge on any atom is 0.336 e. The van der Waals surface area contributed by atoms with Crippen LogP contribution in [0.15, 0.2) is 44.0 Å². The highest BCUT2D eigenvalue weighted by molar-refractivity contribution is 5.91. The molecule has 1 rings (SSSR count). The monoisotopic (exact) mass is 176 g/mol. The zero-order valence-electron chi connectivity index (χ0n) is 7.36. The van der Waals surface area contributed by atoms with Gasteiger partial charge in [-0.05, 0) is 11.6 Å². The van der Waals surface area contributed by atoms with E-state index in [4.69, 9.17) is 5.11 Å². The molecule has 68 valence electrons. The van der Waals surface area contributed by atoms with E-state index < -0.39 is 5.97 Å². The van der Waals surface area contributed by atoms with Crippen molar-refractivity contribution in [3.63, 3.8) is 0 Å². The molecule has 0 aliphatic rings. The second-order valence-corrected chi connectivity index (χ2v) is 2.10. The largest absolute Gasteiger partial charge is 0.478 e. The van der Waals surface area contributed by atoms with Crippen molar-refractivity contribution in [2.45, 2.75) is 0 Å². The van der Waals surface area contributed by atoms with E-state index in [9.17, 15) is 4.79 Å². The summed E-state index contributed by atoms with van der Waals surface area (Å²) in [5, 5.41) is 8.65. The van der Waals surface area contributed by atoms with Gasteiger partial charge in [0.15, 0.2) is 0 Å². The van der Waals surface area contributed by atoms with Gasteiger partial charge in [0.25, 0.3) is 0 Å². The second kappa shape index (κ2) is 5.77. The molecule has 0 atom stereocenters. The van der Waals surface area contributed by atoms with Gasteiger partial charge in [-0.3, -0.25) is 0 Å². The molecule has 0 aliphatic carbocycles. The van der Waals surface area contributed by atoms with Gasteiger partial charge in [0.05, 0.1) is 5.56 Å². The molecule has 0 radical (unpaired) electrons. The molecule has 2 nitrogen and oxygen atoms in total. The van der Waals surface area contributed by atoms with E-state index in [0.717, 1.165) is 0 Å². The number of hydrogen-bond acceptors (Lipinski definition) is 1. The van der Waals surface area contributed by atoms with E-state index >= 15 is 0 Å². The lowest BCUT2D eigenvalue weighted by atomic mass is 10.1. The van der Waals surface area contributed by atoms with Crippen molar-refractivity contribution in [1.29, 1.82) is 0 Å². The highest BCUT2D eigenvalue weighted by Crippen LogP contribution is 2.08. The third kappa shape index (κ3) is 2.95. The summed E-state index contributed by atoms with van der Waals surface area (Å²) in [7, 11) is 0. The molecule has 0 heterocycles. The Morgan fingerprint density at radius 3 is 2.23 bits per heavy atom. The molecule has 0 fully saturated rings. The van der Waals surface area contributed by atoms with Crippen LogP contribution in [0.25, 0.3) is 6.08 Å². The standard InChI is InChI=1S/C9H8O2.C2H4/c1-2-7-5-3-4-6-8(7)9(10)11;1-2/h2-6H,1H2,(H,10,11);1-2H2. The van der Waals surface area contributed by atoms with Gasteiger partial charge >= 0.3 is 5.97 Å². The van der Waals surface area contributed by atoms with Crippen LogP contribution >= 0.6 is 0 Å². The molecule has 0 aromatic heterocycles. The van der Waals surface area contributed by atoms with Gasteiger partial charge in [-0.2, -0.15) is 0 Å². The Morgan fingerprint density at radius 2 is 1.85 bits per heavy atom. The summed E-state index contributed by atoms with van der Waals surface area (Å²) in [6, 6.07) is 6.75. The molecule has 0 saturated carbocycles. The molecular weight excluding hydrogens is 164 g/mol. The fourth-order valence-electron chi connectivity index (χ4n) is 0.870. The second-order valence-electron chi connectivity index (χ2n) is 2.10. The molecule has 1 aromatic carbocycles. The predicted molar refractivity (Wildman–Crippen MR) is 54.7 cm³/mol. The van der Waals surface area contributed by atoms with Gasteiger partial charge in [0.2, 0.25) is 0 Å². The molecule has 1 N–H and O–H groups in total. The number of carboxylic acid groups (broad SMARTS) is 1. The highest BCUT2D eigenvalue weighted by Gasteiger charge is 2.04. The first kappa shape index (κ1) is 11.2. The van der Waals surface area contributed by atoms with Crippen molar-refractivity contribution < 1.29 is 9.90 Å². The van der Waals surface area contributed by atoms with Crippen molar-refractivity contribution in [2.75, 3.05) is 0 Å². The maximum absolute atomic E-state index is 10.5. The van der Waals surface area contributed by atoms with Crippen LogP contribution < -0.4 is 0 Å². The topological polar surface area (TPSA) is 37.3 Å². The Hall–Kier alpha value is -1.83. The summed E-state index contributed by atoms with van der Waals surface area (Å²) >= 11 is 0. The van der Waals surface area contributed by atoms with Crippen molar-refractivity contribution >= 4 is 12.0 Å². The minimum Gasteiger partial charge on any atom is -0.478 e. The van der Waals surface area contributed by atoms with E-state index in [1.165, 1.54) is 6.08 Å². The normalized spacial score (nSPS) is 8.00. The minimum atomic E-state index is -0.916. The van der Waals surface area contributed by atoms with Gasteiger partial charge in [0, 0.05) is 0 Å². The molecule has 0 aliphatic heterocycles. The van der Waals surface area contributed by atoms with Crippen LogP contribution in [-0.4, -0.2) is 11.1 Å². The number of hydrogen-bond donors (Lipinski definition) is 1.